The van der Waals surface area contributed by atoms with Crippen molar-refractivity contribution in [1.29, 1.82) is 0 Å². The van der Waals surface area contributed by atoms with E-state index in [1.807, 2.05) is 0 Å². The van der Waals surface area contributed by atoms with Gasteiger partial charge < -0.3 is 4.90 Å². The lowest BCUT2D eigenvalue weighted by Crippen LogP contribution is -2.38. The van der Waals surface area contributed by atoms with E-state index in [1.54, 1.807) is 7.05 Å². The number of carbonyl (C=O) groups excluding carboxylic acids is 3. The average Bonchev–Trinajstić information content (AvgIpc) is 2.10. The van der Waals surface area contributed by atoms with E-state index in [0.717, 1.165) is 0 Å². The van der Waals surface area contributed by atoms with Crippen LogP contribution in [-0.2, 0) is 14.4 Å². The predicted molar refractivity (Wildman–Crippen MR) is 60.7 cm³/mol. The fourth-order valence-electron chi connectivity index (χ4n) is 0.981. The van der Waals surface area contributed by atoms with Gasteiger partial charge in [-0.05, 0) is 13.8 Å². The Labute approximate surface area is 94.4 Å². The minimum Gasteiger partial charge on any atom is -0.327 e. The third-order valence-electron chi connectivity index (χ3n) is 1.93. The molecule has 0 aromatic rings. The molecule has 15 heavy (non-hydrogen) atoms. The van der Waals surface area contributed by atoms with Crippen molar-refractivity contribution >= 4 is 29.2 Å². The number of Topliss-reactive ketones (excluding diaryl/α,β-unsaturated/α-hetero) is 2. The van der Waals surface area contributed by atoms with Crippen LogP contribution in [0, 0.1) is 0 Å². The number of amides is 1. The van der Waals surface area contributed by atoms with Crippen LogP contribution in [0.2, 0.25) is 0 Å². The fraction of sp³-hybridized carbons (Fsp3) is 0.700. The highest BCUT2D eigenvalue weighted by molar-refractivity contribution is 8.00. The number of likely N-dealkylation sites (N-methyl/N-ethyl adjacent to an activating group) is 1. The zero-order chi connectivity index (χ0) is 12.0. The molecule has 1 unspecified atom stereocenters. The number of hydrogen-bond acceptors (Lipinski definition) is 4. The summed E-state index contributed by atoms with van der Waals surface area (Å²) in [7, 11) is 1.59. The topological polar surface area (TPSA) is 54.5 Å². The molecule has 0 fully saturated rings. The van der Waals surface area contributed by atoms with Crippen LogP contribution >= 0.6 is 11.8 Å². The summed E-state index contributed by atoms with van der Waals surface area (Å²) in [6.45, 7) is 4.38. The number of nitrogens with zero attached hydrogens (tertiary/aromatic N) is 1. The normalized spacial score (nSPS) is 12.0. The number of thioether (sulfide) groups is 1. The lowest BCUT2D eigenvalue weighted by Gasteiger charge is -2.24. The third kappa shape index (κ3) is 5.57. The van der Waals surface area contributed by atoms with Crippen molar-refractivity contribution in [2.24, 2.45) is 0 Å². The Bertz CT molecular complexity index is 265. The third-order valence-corrected chi connectivity index (χ3v) is 3.33. The highest BCUT2D eigenvalue weighted by Gasteiger charge is 2.21. The van der Waals surface area contributed by atoms with E-state index in [9.17, 15) is 14.4 Å². The van der Waals surface area contributed by atoms with Gasteiger partial charge in [-0.1, -0.05) is 0 Å². The fourth-order valence-corrected chi connectivity index (χ4v) is 2.22. The summed E-state index contributed by atoms with van der Waals surface area (Å²) in [4.78, 5) is 34.5. The molecule has 1 amide bonds. The monoisotopic (exact) mass is 231 g/mol. The first-order valence-corrected chi connectivity index (χ1v) is 5.76. The molecule has 0 bridgehead atoms. The Morgan fingerprint density at radius 1 is 1.20 bits per heavy atom. The van der Waals surface area contributed by atoms with E-state index in [2.05, 4.69) is 0 Å². The number of hydrogen-bond donors (Lipinski definition) is 0. The molecule has 86 valence electrons. The molecule has 0 aromatic carbocycles. The first-order valence-electron chi connectivity index (χ1n) is 4.71. The van der Waals surface area contributed by atoms with E-state index in [-0.39, 0.29) is 17.5 Å². The largest absolute Gasteiger partial charge is 0.327 e. The molecule has 0 aromatic heterocycles. The predicted octanol–water partition coefficient (Wildman–Crippen LogP) is 1.09. The Morgan fingerprint density at radius 3 is 2.07 bits per heavy atom. The molecule has 0 aliphatic heterocycles. The molecule has 0 spiro atoms. The highest BCUT2D eigenvalue weighted by Crippen LogP contribution is 2.16. The van der Waals surface area contributed by atoms with Crippen molar-refractivity contribution in [3.8, 4) is 0 Å². The van der Waals surface area contributed by atoms with Crippen molar-refractivity contribution < 1.29 is 14.4 Å². The van der Waals surface area contributed by atoms with Gasteiger partial charge in [0.1, 0.15) is 11.2 Å². The van der Waals surface area contributed by atoms with Crippen LogP contribution in [0.25, 0.3) is 0 Å². The van der Waals surface area contributed by atoms with Gasteiger partial charge in [0.25, 0.3) is 0 Å². The first-order chi connectivity index (χ1) is 6.86. The van der Waals surface area contributed by atoms with Crippen LogP contribution in [-0.4, -0.2) is 40.5 Å². The molecule has 5 heteroatoms. The summed E-state index contributed by atoms with van der Waals surface area (Å²) >= 11 is 1.33. The molecule has 4 nitrogen and oxygen atoms in total. The summed E-state index contributed by atoms with van der Waals surface area (Å²) in [5.41, 5.74) is 0. The molecular weight excluding hydrogens is 214 g/mol. The minimum atomic E-state index is -0.471. The van der Waals surface area contributed by atoms with E-state index in [4.69, 9.17) is 0 Å². The van der Waals surface area contributed by atoms with Crippen molar-refractivity contribution in [1.82, 2.24) is 4.90 Å². The quantitative estimate of drug-likeness (QED) is 0.642. The number of ketones is 2. The number of rotatable bonds is 6. The first kappa shape index (κ1) is 14.2. The Balaban J connectivity index is 4.23. The SMILES string of the molecule is CC(=O)CCSC(C(C)=O)N(C)C(C)=O. The zero-order valence-electron chi connectivity index (χ0n) is 9.57. The molecule has 0 rings (SSSR count). The lowest BCUT2D eigenvalue weighted by atomic mass is 10.4. The summed E-state index contributed by atoms with van der Waals surface area (Å²) in [5, 5.41) is -0.471. The second kappa shape index (κ2) is 6.61. The van der Waals surface area contributed by atoms with E-state index in [0.29, 0.717) is 12.2 Å². The van der Waals surface area contributed by atoms with Crippen molar-refractivity contribution in [2.45, 2.75) is 32.6 Å². The van der Waals surface area contributed by atoms with Gasteiger partial charge in [0.15, 0.2) is 5.78 Å². The van der Waals surface area contributed by atoms with Crippen LogP contribution in [0.1, 0.15) is 27.2 Å². The zero-order valence-corrected chi connectivity index (χ0v) is 10.4. The second-order valence-electron chi connectivity index (χ2n) is 3.42. The van der Waals surface area contributed by atoms with Gasteiger partial charge in [-0.3, -0.25) is 14.4 Å². The Kier molecular flexibility index (Phi) is 6.24. The molecule has 0 saturated carbocycles. The van der Waals surface area contributed by atoms with Crippen LogP contribution in [0.4, 0.5) is 0 Å². The molecule has 0 heterocycles. The molecule has 0 radical (unpaired) electrons. The minimum absolute atomic E-state index is 0.0683. The van der Waals surface area contributed by atoms with Gasteiger partial charge in [-0.25, -0.2) is 0 Å². The lowest BCUT2D eigenvalue weighted by molar-refractivity contribution is -0.132. The maximum atomic E-state index is 11.3. The molecule has 0 N–H and O–H groups in total. The maximum absolute atomic E-state index is 11.3. The van der Waals surface area contributed by atoms with Crippen molar-refractivity contribution in [3.63, 3.8) is 0 Å². The molecule has 0 aliphatic rings. The van der Waals surface area contributed by atoms with Crippen molar-refractivity contribution in [2.75, 3.05) is 12.8 Å². The summed E-state index contributed by atoms with van der Waals surface area (Å²) in [6.07, 6.45) is 0.431. The molecule has 1 atom stereocenters. The average molecular weight is 231 g/mol. The van der Waals surface area contributed by atoms with Crippen LogP contribution < -0.4 is 0 Å². The highest BCUT2D eigenvalue weighted by atomic mass is 32.2. The summed E-state index contributed by atoms with van der Waals surface area (Å²) in [5.74, 6) is 0.444. The van der Waals surface area contributed by atoms with Crippen molar-refractivity contribution in [3.05, 3.63) is 0 Å². The second-order valence-corrected chi connectivity index (χ2v) is 4.60. The molecule has 0 aliphatic carbocycles. The Hall–Kier alpha value is -0.840. The molecule has 0 saturated heterocycles. The van der Waals surface area contributed by atoms with Gasteiger partial charge in [0.2, 0.25) is 5.91 Å². The van der Waals surface area contributed by atoms with Crippen LogP contribution in [0.3, 0.4) is 0 Å². The van der Waals surface area contributed by atoms with Gasteiger partial charge in [-0.15, -0.1) is 11.8 Å². The van der Waals surface area contributed by atoms with E-state index in [1.165, 1.54) is 37.4 Å². The summed E-state index contributed by atoms with van der Waals surface area (Å²) in [6, 6.07) is 0. The summed E-state index contributed by atoms with van der Waals surface area (Å²) < 4.78 is 0. The standard InChI is InChI=1S/C10H17NO3S/c1-7(12)5-6-15-10(8(2)13)11(4)9(3)14/h10H,5-6H2,1-4H3. The van der Waals surface area contributed by atoms with Crippen LogP contribution in [0.15, 0.2) is 0 Å². The van der Waals surface area contributed by atoms with E-state index < -0.39 is 5.37 Å². The molecular formula is C10H17NO3S. The smallest absolute Gasteiger partial charge is 0.220 e. The van der Waals surface area contributed by atoms with Gasteiger partial charge in [0, 0.05) is 26.1 Å². The van der Waals surface area contributed by atoms with Gasteiger partial charge >= 0.3 is 0 Å². The van der Waals surface area contributed by atoms with E-state index >= 15 is 0 Å². The van der Waals surface area contributed by atoms with Gasteiger partial charge in [0.05, 0.1) is 0 Å². The van der Waals surface area contributed by atoms with Gasteiger partial charge in [-0.2, -0.15) is 0 Å². The van der Waals surface area contributed by atoms with Crippen LogP contribution in [0.5, 0.6) is 0 Å². The number of carbonyl (C=O) groups is 3. The maximum Gasteiger partial charge on any atom is 0.220 e. The Morgan fingerprint density at radius 2 is 1.73 bits per heavy atom.